The molecular weight excluding hydrogens is 809 g/mol. The molecule has 2 aromatic heterocycles. The molecule has 0 amide bonds. The van der Waals surface area contributed by atoms with Gasteiger partial charge in [-0.15, -0.1) is 0 Å². The summed E-state index contributed by atoms with van der Waals surface area (Å²) in [5, 5.41) is 4.96. The Hall–Kier alpha value is -8.59. The summed E-state index contributed by atoms with van der Waals surface area (Å²) in [7, 11) is 0. The van der Waals surface area contributed by atoms with Crippen molar-refractivity contribution in [2.24, 2.45) is 0 Å². The fourth-order valence-electron chi connectivity index (χ4n) is 13.0. The topological polar surface area (TPSA) is 17.8 Å². The van der Waals surface area contributed by atoms with Crippen LogP contribution in [0, 0.1) is 0 Å². The quantitative estimate of drug-likeness (QED) is 0.173. The number of fused-ring (bicyclic) bond motifs is 22. The summed E-state index contributed by atoms with van der Waals surface area (Å²) in [6, 6.07) is 90.6. The number of rotatable bonds is 3. The van der Waals surface area contributed by atoms with Gasteiger partial charge in [0.25, 0.3) is 0 Å². The second-order valence-electron chi connectivity index (χ2n) is 18.5. The molecule has 0 atom stereocenters. The van der Waals surface area contributed by atoms with E-state index in [0.29, 0.717) is 0 Å². The minimum Gasteiger partial charge on any atom is -0.294 e. The van der Waals surface area contributed by atoms with Crippen LogP contribution >= 0.6 is 0 Å². The average Bonchev–Trinajstić information content (AvgIpc) is 4.02. The number of nitrogens with zero attached hydrogens (tertiary/aromatic N) is 2. The predicted octanol–water partition coefficient (Wildman–Crippen LogP) is 15.7. The lowest BCUT2D eigenvalue weighted by Gasteiger charge is -2.48. The third-order valence-electron chi connectivity index (χ3n) is 15.5. The molecule has 0 saturated carbocycles. The minimum absolute atomic E-state index is 0.494. The molecule has 310 valence electrons. The molecule has 15 rings (SSSR count). The maximum atomic E-state index is 5.57. The average molecular weight is 849 g/mol. The molecule has 3 aliphatic carbocycles. The molecule has 10 aromatic carbocycles. The van der Waals surface area contributed by atoms with Gasteiger partial charge in [0.05, 0.1) is 27.6 Å². The van der Waals surface area contributed by atoms with Crippen LogP contribution in [0.3, 0.4) is 0 Å². The molecule has 2 spiro atoms. The van der Waals surface area contributed by atoms with Gasteiger partial charge in [-0.25, -0.2) is 4.98 Å². The highest BCUT2D eigenvalue weighted by molar-refractivity contribution is 6.26. The van der Waals surface area contributed by atoms with Crippen molar-refractivity contribution in [3.63, 3.8) is 0 Å². The van der Waals surface area contributed by atoms with Gasteiger partial charge in [0, 0.05) is 16.3 Å². The summed E-state index contributed by atoms with van der Waals surface area (Å²) in [6.07, 6.45) is 0. The Labute approximate surface area is 388 Å². The number of hydrogen-bond acceptors (Lipinski definition) is 1. The fraction of sp³-hybridized carbons (Fsp3) is 0.0308. The van der Waals surface area contributed by atoms with E-state index in [0.717, 1.165) is 39.2 Å². The van der Waals surface area contributed by atoms with Gasteiger partial charge in [0.1, 0.15) is 5.82 Å². The predicted molar refractivity (Wildman–Crippen MR) is 275 cm³/mol. The Morgan fingerprint density at radius 3 is 1.40 bits per heavy atom. The van der Waals surface area contributed by atoms with Gasteiger partial charge in [-0.1, -0.05) is 218 Å². The normalized spacial score (nSPS) is 14.2. The zero-order valence-corrected chi connectivity index (χ0v) is 36.5. The highest BCUT2D eigenvalue weighted by Gasteiger charge is 2.59. The molecule has 2 heterocycles. The lowest BCUT2D eigenvalue weighted by atomic mass is 9.52. The molecule has 0 saturated heterocycles. The van der Waals surface area contributed by atoms with Gasteiger partial charge in [-0.05, 0) is 113 Å². The second kappa shape index (κ2) is 13.5. The van der Waals surface area contributed by atoms with Crippen molar-refractivity contribution in [2.75, 3.05) is 0 Å². The van der Waals surface area contributed by atoms with Gasteiger partial charge in [0.15, 0.2) is 0 Å². The summed E-state index contributed by atoms with van der Waals surface area (Å²) in [5.41, 5.74) is 21.4. The summed E-state index contributed by atoms with van der Waals surface area (Å²) in [4.78, 5) is 5.57. The standard InChI is InChI=1S/C65H40N2/c1-3-19-41(20-4-1)44-39-57(43-22-5-2-6-23-43)66-60(40-44)67-58-37-35-42-21-7-8-24-45(42)62(58)63-59(67)38-36-56-61(63)48-27-11-14-30-51(48)65(56)54-33-17-15-31-52(54)64(53-32-16-18-34-55(53)65)49-28-12-9-25-46(49)47-26-10-13-29-50(47)64/h1-40H. The van der Waals surface area contributed by atoms with E-state index in [1.54, 1.807) is 0 Å². The van der Waals surface area contributed by atoms with Gasteiger partial charge in [-0.3, -0.25) is 4.57 Å². The Bertz CT molecular complexity index is 3890. The van der Waals surface area contributed by atoms with E-state index in [4.69, 9.17) is 4.98 Å². The molecule has 2 nitrogen and oxygen atoms in total. The molecule has 2 heteroatoms. The number of pyridine rings is 1. The van der Waals surface area contributed by atoms with E-state index in [1.165, 1.54) is 88.3 Å². The first-order chi connectivity index (χ1) is 33.3. The molecule has 0 aliphatic heterocycles. The van der Waals surface area contributed by atoms with E-state index in [9.17, 15) is 0 Å². The number of aromatic nitrogens is 2. The fourth-order valence-corrected chi connectivity index (χ4v) is 13.0. The van der Waals surface area contributed by atoms with Crippen LogP contribution in [0.15, 0.2) is 243 Å². The number of benzene rings is 10. The monoisotopic (exact) mass is 848 g/mol. The van der Waals surface area contributed by atoms with Crippen molar-refractivity contribution in [1.29, 1.82) is 0 Å². The van der Waals surface area contributed by atoms with Crippen molar-refractivity contribution in [1.82, 2.24) is 9.55 Å². The smallest absolute Gasteiger partial charge is 0.138 e. The van der Waals surface area contributed by atoms with Gasteiger partial charge < -0.3 is 0 Å². The molecule has 12 aromatic rings. The molecule has 0 unspecified atom stereocenters. The lowest BCUT2D eigenvalue weighted by Crippen LogP contribution is -2.43. The largest absolute Gasteiger partial charge is 0.294 e. The minimum atomic E-state index is -0.601. The maximum absolute atomic E-state index is 5.57. The Morgan fingerprint density at radius 2 is 0.776 bits per heavy atom. The van der Waals surface area contributed by atoms with Gasteiger partial charge >= 0.3 is 0 Å². The summed E-state index contributed by atoms with van der Waals surface area (Å²) in [5.74, 6) is 0.894. The zero-order chi connectivity index (χ0) is 43.8. The molecule has 0 fully saturated rings. The maximum Gasteiger partial charge on any atom is 0.138 e. The van der Waals surface area contributed by atoms with Crippen molar-refractivity contribution in [3.05, 3.63) is 287 Å². The first-order valence-corrected chi connectivity index (χ1v) is 23.4. The molecular formula is C65H40N2. The van der Waals surface area contributed by atoms with Crippen LogP contribution < -0.4 is 0 Å². The van der Waals surface area contributed by atoms with Crippen LogP contribution in [0.1, 0.15) is 44.5 Å². The Balaban J connectivity index is 1.10. The summed E-state index contributed by atoms with van der Waals surface area (Å²) in [6.45, 7) is 0. The van der Waals surface area contributed by atoms with E-state index in [1.807, 2.05) is 0 Å². The van der Waals surface area contributed by atoms with Crippen LogP contribution in [0.25, 0.3) is 83.0 Å². The van der Waals surface area contributed by atoms with Crippen LogP contribution in [-0.4, -0.2) is 9.55 Å². The van der Waals surface area contributed by atoms with Crippen LogP contribution in [-0.2, 0) is 10.8 Å². The van der Waals surface area contributed by atoms with Crippen LogP contribution in [0.4, 0.5) is 0 Å². The van der Waals surface area contributed by atoms with Gasteiger partial charge in [0.2, 0.25) is 0 Å². The highest BCUT2D eigenvalue weighted by atomic mass is 15.1. The molecule has 0 radical (unpaired) electrons. The van der Waals surface area contributed by atoms with E-state index in [-0.39, 0.29) is 0 Å². The van der Waals surface area contributed by atoms with Gasteiger partial charge in [-0.2, -0.15) is 0 Å². The Kier molecular flexibility index (Phi) is 7.39. The van der Waals surface area contributed by atoms with Crippen molar-refractivity contribution < 1.29 is 0 Å². The third-order valence-corrected chi connectivity index (χ3v) is 15.5. The first kappa shape index (κ1) is 36.7. The summed E-state index contributed by atoms with van der Waals surface area (Å²) >= 11 is 0. The van der Waals surface area contributed by atoms with E-state index in [2.05, 4.69) is 247 Å². The SMILES string of the molecule is c1ccc(-c2cc(-c3ccccc3)nc(-n3c4ccc5c(c4c4c6ccccc6ccc43)-c3ccccc3C53c4ccccc4C4(c5ccccc5-c5ccccc54)c4ccccc43)c2)cc1. The third kappa shape index (κ3) is 4.62. The first-order valence-electron chi connectivity index (χ1n) is 23.4. The van der Waals surface area contributed by atoms with Crippen LogP contribution in [0.2, 0.25) is 0 Å². The van der Waals surface area contributed by atoms with Crippen molar-refractivity contribution in [2.45, 2.75) is 10.8 Å². The van der Waals surface area contributed by atoms with E-state index < -0.39 is 10.8 Å². The zero-order valence-electron chi connectivity index (χ0n) is 36.5. The highest BCUT2D eigenvalue weighted by Crippen LogP contribution is 2.68. The van der Waals surface area contributed by atoms with Crippen molar-refractivity contribution in [3.8, 4) is 50.5 Å². The van der Waals surface area contributed by atoms with Crippen LogP contribution in [0.5, 0.6) is 0 Å². The molecule has 0 N–H and O–H groups in total. The molecule has 0 bridgehead atoms. The molecule has 3 aliphatic rings. The number of hydrogen-bond donors (Lipinski definition) is 0. The Morgan fingerprint density at radius 1 is 0.313 bits per heavy atom. The second-order valence-corrected chi connectivity index (χ2v) is 18.5. The molecule has 67 heavy (non-hydrogen) atoms. The van der Waals surface area contributed by atoms with E-state index >= 15 is 0 Å². The lowest BCUT2D eigenvalue weighted by molar-refractivity contribution is 0.633. The summed E-state index contributed by atoms with van der Waals surface area (Å²) < 4.78 is 2.44. The van der Waals surface area contributed by atoms with Crippen molar-refractivity contribution >= 4 is 32.6 Å².